The van der Waals surface area contributed by atoms with Crippen LogP contribution in [-0.2, 0) is 23.9 Å². The second-order valence-electron chi connectivity index (χ2n) is 12.0. The lowest BCUT2D eigenvalue weighted by atomic mass is 9.84. The number of nitrogens with zero attached hydrogens (tertiary/aromatic N) is 3. The van der Waals surface area contributed by atoms with E-state index in [9.17, 15) is 19.2 Å². The summed E-state index contributed by atoms with van der Waals surface area (Å²) < 4.78 is 4.62. The quantitative estimate of drug-likeness (QED) is 0.415. The largest absolute Gasteiger partial charge is 0.468 e. The van der Waals surface area contributed by atoms with Crippen molar-refractivity contribution in [2.24, 2.45) is 11.3 Å². The monoisotopic (exact) mass is 523 g/mol. The standard InChI is InChI=1S/C27H49N5O5/c1-18(2)21(17-32-15-11-13-20(32)24(34)28-16-22(33)37-8)31(7)26(36)23(27(3,4)5)29-25(35)19-12-9-10-14-30(19)6/h18-21,23H,9-17H2,1-8H3,(H,28,34)(H,29,35)/t19-,20?,21-,23?/m1/s1. The molecule has 10 heteroatoms. The Balaban J connectivity index is 2.14. The van der Waals surface area contributed by atoms with Crippen molar-refractivity contribution in [1.82, 2.24) is 25.3 Å². The maximum atomic E-state index is 13.9. The van der Waals surface area contributed by atoms with Crippen LogP contribution in [0.2, 0.25) is 0 Å². The molecule has 2 heterocycles. The van der Waals surface area contributed by atoms with E-state index >= 15 is 0 Å². The summed E-state index contributed by atoms with van der Waals surface area (Å²) in [7, 11) is 5.05. The number of piperidine rings is 1. The third kappa shape index (κ3) is 8.40. The molecule has 4 atom stereocenters. The van der Waals surface area contributed by atoms with Crippen molar-refractivity contribution in [1.29, 1.82) is 0 Å². The van der Waals surface area contributed by atoms with Crippen LogP contribution < -0.4 is 10.6 Å². The van der Waals surface area contributed by atoms with E-state index in [1.807, 2.05) is 27.8 Å². The predicted molar refractivity (Wildman–Crippen MR) is 143 cm³/mol. The average molecular weight is 524 g/mol. The summed E-state index contributed by atoms with van der Waals surface area (Å²) in [6.07, 6.45) is 4.46. The number of likely N-dealkylation sites (N-methyl/N-ethyl adjacent to an activating group) is 2. The zero-order chi connectivity index (χ0) is 27.9. The zero-order valence-corrected chi connectivity index (χ0v) is 24.1. The van der Waals surface area contributed by atoms with Gasteiger partial charge >= 0.3 is 5.97 Å². The lowest BCUT2D eigenvalue weighted by molar-refractivity contribution is -0.143. The number of ether oxygens (including phenoxy) is 1. The van der Waals surface area contributed by atoms with E-state index in [-0.39, 0.29) is 48.3 Å². The normalized spacial score (nSPS) is 22.8. The summed E-state index contributed by atoms with van der Waals surface area (Å²) in [5, 5.41) is 5.76. The van der Waals surface area contributed by atoms with Crippen LogP contribution in [0.15, 0.2) is 0 Å². The maximum Gasteiger partial charge on any atom is 0.325 e. The highest BCUT2D eigenvalue weighted by atomic mass is 16.5. The highest BCUT2D eigenvalue weighted by molar-refractivity contribution is 5.90. The van der Waals surface area contributed by atoms with Gasteiger partial charge in [0.15, 0.2) is 0 Å². The maximum absolute atomic E-state index is 13.9. The number of methoxy groups -OCH3 is 1. The van der Waals surface area contributed by atoms with Gasteiger partial charge in [-0.2, -0.15) is 0 Å². The van der Waals surface area contributed by atoms with Crippen molar-refractivity contribution in [3.8, 4) is 0 Å². The van der Waals surface area contributed by atoms with Gasteiger partial charge in [0.25, 0.3) is 0 Å². The SMILES string of the molecule is COC(=O)CNC(=O)C1CCCN1C[C@H](C(C)C)N(C)C(=O)C(NC(=O)[C@H]1CCCCN1C)C(C)(C)C. The second-order valence-corrected chi connectivity index (χ2v) is 12.0. The van der Waals surface area contributed by atoms with Crippen molar-refractivity contribution < 1.29 is 23.9 Å². The molecule has 0 aromatic rings. The first-order valence-corrected chi connectivity index (χ1v) is 13.6. The summed E-state index contributed by atoms with van der Waals surface area (Å²) in [4.78, 5) is 57.3. The van der Waals surface area contributed by atoms with E-state index in [1.54, 1.807) is 11.9 Å². The smallest absolute Gasteiger partial charge is 0.325 e. The van der Waals surface area contributed by atoms with E-state index in [4.69, 9.17) is 0 Å². The van der Waals surface area contributed by atoms with E-state index in [1.165, 1.54) is 7.11 Å². The predicted octanol–water partition coefficient (Wildman–Crippen LogP) is 1.24. The van der Waals surface area contributed by atoms with Crippen molar-refractivity contribution >= 4 is 23.7 Å². The zero-order valence-electron chi connectivity index (χ0n) is 24.1. The molecule has 2 aliphatic heterocycles. The summed E-state index contributed by atoms with van der Waals surface area (Å²) >= 11 is 0. The summed E-state index contributed by atoms with van der Waals surface area (Å²) in [5.74, 6) is -0.765. The summed E-state index contributed by atoms with van der Waals surface area (Å²) in [6.45, 7) is 12.1. The number of nitrogens with one attached hydrogen (secondary N) is 2. The van der Waals surface area contributed by atoms with Crippen LogP contribution in [-0.4, -0.2) is 110 Å². The van der Waals surface area contributed by atoms with Gasteiger partial charge in [0, 0.05) is 19.6 Å². The molecule has 0 bridgehead atoms. The molecule has 0 saturated carbocycles. The van der Waals surface area contributed by atoms with Gasteiger partial charge in [-0.05, 0) is 57.2 Å². The number of hydrogen-bond donors (Lipinski definition) is 2. The van der Waals surface area contributed by atoms with Crippen molar-refractivity contribution in [2.75, 3.05) is 47.4 Å². The lowest BCUT2D eigenvalue weighted by Crippen LogP contribution is -2.61. The first-order chi connectivity index (χ1) is 17.3. The Hall–Kier alpha value is -2.20. The number of carbonyl (C=O) groups is 4. The van der Waals surface area contributed by atoms with Gasteiger partial charge in [0.2, 0.25) is 17.7 Å². The Labute approximate surface area is 222 Å². The average Bonchev–Trinajstić information content (AvgIpc) is 3.30. The summed E-state index contributed by atoms with van der Waals surface area (Å²) in [6, 6.07) is -1.39. The van der Waals surface area contributed by atoms with Crippen molar-refractivity contribution in [2.45, 2.75) is 90.9 Å². The highest BCUT2D eigenvalue weighted by Crippen LogP contribution is 2.26. The third-order valence-corrected chi connectivity index (χ3v) is 7.81. The molecular formula is C27H49N5O5. The lowest BCUT2D eigenvalue weighted by Gasteiger charge is -2.41. The van der Waals surface area contributed by atoms with Gasteiger partial charge in [0.05, 0.1) is 19.2 Å². The molecule has 3 amide bonds. The number of likely N-dealkylation sites (tertiary alicyclic amines) is 2. The van der Waals surface area contributed by atoms with Gasteiger partial charge in [-0.3, -0.25) is 29.0 Å². The first-order valence-electron chi connectivity index (χ1n) is 13.6. The molecule has 2 N–H and O–H groups in total. The van der Waals surface area contributed by atoms with E-state index < -0.39 is 17.4 Å². The molecule has 2 saturated heterocycles. The number of hydrogen-bond acceptors (Lipinski definition) is 7. The highest BCUT2D eigenvalue weighted by Gasteiger charge is 2.41. The van der Waals surface area contributed by atoms with Gasteiger partial charge < -0.3 is 20.3 Å². The van der Waals surface area contributed by atoms with E-state index in [0.29, 0.717) is 13.0 Å². The molecule has 2 aliphatic rings. The Kier molecular flexibility index (Phi) is 11.4. The minimum Gasteiger partial charge on any atom is -0.468 e. The fourth-order valence-electron chi connectivity index (χ4n) is 5.37. The number of carbonyl (C=O) groups excluding carboxylic acids is 4. The number of amides is 3. The van der Waals surface area contributed by atoms with Gasteiger partial charge in [-0.25, -0.2) is 0 Å². The number of rotatable bonds is 10. The first kappa shape index (κ1) is 31.0. The molecule has 0 aromatic carbocycles. The van der Waals surface area contributed by atoms with Crippen LogP contribution >= 0.6 is 0 Å². The molecule has 0 radical (unpaired) electrons. The van der Waals surface area contributed by atoms with E-state index in [2.05, 4.69) is 39.0 Å². The van der Waals surface area contributed by atoms with Crippen molar-refractivity contribution in [3.63, 3.8) is 0 Å². The molecule has 0 aliphatic carbocycles. The molecule has 37 heavy (non-hydrogen) atoms. The minimum absolute atomic E-state index is 0.0909. The number of esters is 1. The van der Waals surface area contributed by atoms with E-state index in [0.717, 1.165) is 38.8 Å². The molecule has 2 rings (SSSR count). The fraction of sp³-hybridized carbons (Fsp3) is 0.852. The van der Waals surface area contributed by atoms with Crippen LogP contribution in [0.1, 0.15) is 66.7 Å². The molecule has 212 valence electrons. The molecule has 10 nitrogen and oxygen atoms in total. The van der Waals surface area contributed by atoms with Crippen LogP contribution in [0.25, 0.3) is 0 Å². The third-order valence-electron chi connectivity index (χ3n) is 7.81. The second kappa shape index (κ2) is 13.6. The Morgan fingerprint density at radius 1 is 1.00 bits per heavy atom. The molecule has 0 aromatic heterocycles. The van der Waals surface area contributed by atoms with Gasteiger partial charge in [-0.1, -0.05) is 41.0 Å². The summed E-state index contributed by atoms with van der Waals surface area (Å²) in [5.41, 5.74) is -0.472. The van der Waals surface area contributed by atoms with Gasteiger partial charge in [0.1, 0.15) is 12.6 Å². The Morgan fingerprint density at radius 2 is 1.65 bits per heavy atom. The minimum atomic E-state index is -0.667. The van der Waals surface area contributed by atoms with Crippen LogP contribution in [0.5, 0.6) is 0 Å². The van der Waals surface area contributed by atoms with Crippen LogP contribution in [0, 0.1) is 11.3 Å². The molecule has 2 unspecified atom stereocenters. The van der Waals surface area contributed by atoms with Crippen LogP contribution in [0.4, 0.5) is 0 Å². The topological polar surface area (TPSA) is 111 Å². The molecular weight excluding hydrogens is 474 g/mol. The van der Waals surface area contributed by atoms with Gasteiger partial charge in [-0.15, -0.1) is 0 Å². The van der Waals surface area contributed by atoms with Crippen LogP contribution in [0.3, 0.4) is 0 Å². The Morgan fingerprint density at radius 3 is 2.22 bits per heavy atom. The molecule has 2 fully saturated rings. The van der Waals surface area contributed by atoms with Crippen molar-refractivity contribution in [3.05, 3.63) is 0 Å². The molecule has 0 spiro atoms. The Bertz CT molecular complexity index is 811. The fourth-order valence-corrected chi connectivity index (χ4v) is 5.37.